The van der Waals surface area contributed by atoms with Crippen LogP contribution in [0.5, 0.6) is 0 Å². The molecule has 1 N–H and O–H groups in total. The third kappa shape index (κ3) is 3.02. The highest BCUT2D eigenvalue weighted by Gasteiger charge is 2.17. The maximum atomic E-state index is 5.43. The lowest BCUT2D eigenvalue weighted by atomic mass is 10.1. The van der Waals surface area contributed by atoms with E-state index in [4.69, 9.17) is 9.72 Å². The predicted octanol–water partition coefficient (Wildman–Crippen LogP) is 2.38. The number of nitrogens with zero attached hydrogens (tertiary/aromatic N) is 2. The van der Waals surface area contributed by atoms with Gasteiger partial charge in [0.25, 0.3) is 0 Å². The van der Waals surface area contributed by atoms with Crippen LogP contribution in [0.15, 0.2) is 18.2 Å². The van der Waals surface area contributed by atoms with Crippen LogP contribution in [0.3, 0.4) is 0 Å². The van der Waals surface area contributed by atoms with Crippen molar-refractivity contribution in [1.29, 1.82) is 0 Å². The molecule has 0 amide bonds. The average molecular weight is 273 g/mol. The molecule has 1 saturated heterocycles. The number of aromatic amines is 1. The van der Waals surface area contributed by atoms with Gasteiger partial charge in [0.1, 0.15) is 5.82 Å². The van der Waals surface area contributed by atoms with E-state index in [9.17, 15) is 0 Å². The normalized spacial score (nSPS) is 19.2. The van der Waals surface area contributed by atoms with Crippen LogP contribution in [-0.4, -0.2) is 48.2 Å². The number of fused-ring (bicyclic) bond motifs is 1. The van der Waals surface area contributed by atoms with E-state index in [1.54, 1.807) is 0 Å². The van der Waals surface area contributed by atoms with Gasteiger partial charge in [0.05, 0.1) is 17.6 Å². The zero-order chi connectivity index (χ0) is 13.9. The van der Waals surface area contributed by atoms with Crippen molar-refractivity contribution in [1.82, 2.24) is 14.9 Å². The summed E-state index contributed by atoms with van der Waals surface area (Å²) in [5.41, 5.74) is 3.49. The van der Waals surface area contributed by atoms with Crippen molar-refractivity contribution in [3.05, 3.63) is 29.6 Å². The Morgan fingerprint density at radius 3 is 3.10 bits per heavy atom. The molecule has 0 saturated carbocycles. The summed E-state index contributed by atoms with van der Waals surface area (Å²) in [6, 6.07) is 6.28. The standard InChI is InChI=1S/C16H23N3O/c1-12-4-3-5-14-16(12)18-15(17-14)6-8-19(2)10-13-7-9-20-11-13/h3-5,13H,6-11H2,1-2H3,(H,17,18). The molecule has 2 aromatic rings. The minimum Gasteiger partial charge on any atom is -0.381 e. The monoisotopic (exact) mass is 273 g/mol. The minimum atomic E-state index is 0.706. The van der Waals surface area contributed by atoms with Crippen molar-refractivity contribution < 1.29 is 4.74 Å². The average Bonchev–Trinajstić information content (AvgIpc) is 3.06. The fourth-order valence-corrected chi connectivity index (χ4v) is 2.90. The third-order valence-electron chi connectivity index (χ3n) is 4.09. The lowest BCUT2D eigenvalue weighted by molar-refractivity contribution is 0.174. The van der Waals surface area contributed by atoms with Crippen molar-refractivity contribution in [2.24, 2.45) is 5.92 Å². The number of rotatable bonds is 5. The maximum absolute atomic E-state index is 5.43. The van der Waals surface area contributed by atoms with Crippen LogP contribution in [0.1, 0.15) is 17.8 Å². The first-order valence-electron chi connectivity index (χ1n) is 7.43. The quantitative estimate of drug-likeness (QED) is 0.909. The fourth-order valence-electron chi connectivity index (χ4n) is 2.90. The van der Waals surface area contributed by atoms with Crippen LogP contribution >= 0.6 is 0 Å². The van der Waals surface area contributed by atoms with Crippen LogP contribution in [0.4, 0.5) is 0 Å². The zero-order valence-electron chi connectivity index (χ0n) is 12.4. The molecule has 1 aromatic heterocycles. The van der Waals surface area contributed by atoms with Crippen LogP contribution in [0.2, 0.25) is 0 Å². The Morgan fingerprint density at radius 1 is 1.45 bits per heavy atom. The second-order valence-corrected chi connectivity index (χ2v) is 5.90. The molecule has 20 heavy (non-hydrogen) atoms. The van der Waals surface area contributed by atoms with E-state index in [1.807, 2.05) is 0 Å². The van der Waals surface area contributed by atoms with E-state index < -0.39 is 0 Å². The molecule has 3 rings (SSSR count). The molecule has 1 atom stereocenters. The fraction of sp³-hybridized carbons (Fsp3) is 0.562. The number of hydrogen-bond donors (Lipinski definition) is 1. The Morgan fingerprint density at radius 2 is 2.35 bits per heavy atom. The lowest BCUT2D eigenvalue weighted by Crippen LogP contribution is -2.28. The molecule has 0 radical (unpaired) electrons. The van der Waals surface area contributed by atoms with Gasteiger partial charge in [-0.25, -0.2) is 4.98 Å². The highest BCUT2D eigenvalue weighted by molar-refractivity contribution is 5.78. The molecule has 1 aliphatic rings. The summed E-state index contributed by atoms with van der Waals surface area (Å²) in [4.78, 5) is 10.5. The molecule has 2 heterocycles. The topological polar surface area (TPSA) is 41.2 Å². The second-order valence-electron chi connectivity index (χ2n) is 5.90. The minimum absolute atomic E-state index is 0.706. The second kappa shape index (κ2) is 5.94. The summed E-state index contributed by atoms with van der Waals surface area (Å²) >= 11 is 0. The van der Waals surface area contributed by atoms with Crippen LogP contribution < -0.4 is 0 Å². The summed E-state index contributed by atoms with van der Waals surface area (Å²) in [5, 5.41) is 0. The zero-order valence-corrected chi connectivity index (χ0v) is 12.4. The van der Waals surface area contributed by atoms with E-state index in [0.29, 0.717) is 5.92 Å². The molecular weight excluding hydrogens is 250 g/mol. The SMILES string of the molecule is Cc1cccc2[nH]c(CCN(C)CC3CCOC3)nc12. The van der Waals surface area contributed by atoms with Crippen LogP contribution in [0.25, 0.3) is 11.0 Å². The summed E-state index contributed by atoms with van der Waals surface area (Å²) in [6.45, 7) is 6.13. The van der Waals surface area contributed by atoms with Gasteiger partial charge >= 0.3 is 0 Å². The summed E-state index contributed by atoms with van der Waals surface area (Å²) in [7, 11) is 2.19. The number of benzene rings is 1. The molecule has 1 aliphatic heterocycles. The number of nitrogens with one attached hydrogen (secondary N) is 1. The lowest BCUT2D eigenvalue weighted by Gasteiger charge is -2.19. The molecule has 0 spiro atoms. The molecule has 1 aromatic carbocycles. The Hall–Kier alpha value is -1.39. The van der Waals surface area contributed by atoms with Crippen molar-refractivity contribution in [2.75, 3.05) is 33.4 Å². The number of ether oxygens (including phenoxy) is 1. The van der Waals surface area contributed by atoms with Gasteiger partial charge in [-0.3, -0.25) is 0 Å². The number of H-pyrrole nitrogens is 1. The number of imidazole rings is 1. The van der Waals surface area contributed by atoms with Crippen molar-refractivity contribution in [3.63, 3.8) is 0 Å². The molecular formula is C16H23N3O. The van der Waals surface area contributed by atoms with E-state index in [-0.39, 0.29) is 0 Å². The van der Waals surface area contributed by atoms with E-state index in [2.05, 4.69) is 42.1 Å². The summed E-state index contributed by atoms with van der Waals surface area (Å²) < 4.78 is 5.43. The maximum Gasteiger partial charge on any atom is 0.108 e. The highest BCUT2D eigenvalue weighted by atomic mass is 16.5. The smallest absolute Gasteiger partial charge is 0.108 e. The van der Waals surface area contributed by atoms with Crippen LogP contribution in [0, 0.1) is 12.8 Å². The largest absolute Gasteiger partial charge is 0.381 e. The molecule has 108 valence electrons. The van der Waals surface area contributed by atoms with E-state index >= 15 is 0 Å². The van der Waals surface area contributed by atoms with Gasteiger partial charge in [0, 0.05) is 26.1 Å². The number of likely N-dealkylation sites (N-methyl/N-ethyl adjacent to an activating group) is 1. The first kappa shape index (κ1) is 13.6. The highest BCUT2D eigenvalue weighted by Crippen LogP contribution is 2.16. The van der Waals surface area contributed by atoms with Gasteiger partial charge in [-0.05, 0) is 37.9 Å². The molecule has 4 heteroatoms. The van der Waals surface area contributed by atoms with Gasteiger partial charge < -0.3 is 14.6 Å². The number of aryl methyl sites for hydroxylation is 1. The van der Waals surface area contributed by atoms with Gasteiger partial charge in [0.15, 0.2) is 0 Å². The first-order chi connectivity index (χ1) is 9.72. The van der Waals surface area contributed by atoms with Crippen molar-refractivity contribution >= 4 is 11.0 Å². The Labute approximate surface area is 120 Å². The van der Waals surface area contributed by atoms with Gasteiger partial charge in [-0.15, -0.1) is 0 Å². The molecule has 1 unspecified atom stereocenters. The first-order valence-corrected chi connectivity index (χ1v) is 7.43. The van der Waals surface area contributed by atoms with E-state index in [0.717, 1.165) is 49.6 Å². The Bertz CT molecular complexity index is 572. The Balaban J connectivity index is 1.57. The van der Waals surface area contributed by atoms with Crippen molar-refractivity contribution in [3.8, 4) is 0 Å². The van der Waals surface area contributed by atoms with Crippen molar-refractivity contribution in [2.45, 2.75) is 19.8 Å². The summed E-state index contributed by atoms with van der Waals surface area (Å²) in [5.74, 6) is 1.79. The number of aromatic nitrogens is 2. The number of hydrogen-bond acceptors (Lipinski definition) is 3. The predicted molar refractivity (Wildman–Crippen MR) is 81.0 cm³/mol. The van der Waals surface area contributed by atoms with Crippen LogP contribution in [-0.2, 0) is 11.2 Å². The third-order valence-corrected chi connectivity index (χ3v) is 4.09. The molecule has 0 bridgehead atoms. The molecule has 1 fully saturated rings. The van der Waals surface area contributed by atoms with Gasteiger partial charge in [0.2, 0.25) is 0 Å². The number of para-hydroxylation sites is 1. The summed E-state index contributed by atoms with van der Waals surface area (Å²) in [6.07, 6.45) is 2.17. The molecule has 0 aliphatic carbocycles. The van der Waals surface area contributed by atoms with Gasteiger partial charge in [-0.1, -0.05) is 12.1 Å². The van der Waals surface area contributed by atoms with E-state index in [1.165, 1.54) is 12.0 Å². The molecule has 4 nitrogen and oxygen atoms in total. The van der Waals surface area contributed by atoms with Gasteiger partial charge in [-0.2, -0.15) is 0 Å². The Kier molecular flexibility index (Phi) is 4.03.